The zero-order valence-electron chi connectivity index (χ0n) is 57.5. The Balaban J connectivity index is 1.23. The molecule has 4 aromatic carbocycles. The smallest absolute Gasteiger partial charge is 0.329 e. The molecular formula is C74H90N10O12. The van der Waals surface area contributed by atoms with Crippen molar-refractivity contribution >= 4 is 47.5 Å². The van der Waals surface area contributed by atoms with Crippen LogP contribution in [0, 0.1) is 46.3 Å². The number of carbonyl (C=O) groups is 8. The van der Waals surface area contributed by atoms with E-state index in [2.05, 4.69) is 22.3 Å². The molecule has 0 N–H and O–H groups in total. The molecule has 0 radical (unpaired) electrons. The minimum absolute atomic E-state index is 0.0416. The molecule has 22 nitrogen and oxygen atoms in total. The molecule has 6 aromatic rings. The summed E-state index contributed by atoms with van der Waals surface area (Å²) in [5.41, 5.74) is 6.23. The minimum Gasteiger partial charge on any atom is -0.451 e. The number of benzene rings is 4. The lowest BCUT2D eigenvalue weighted by atomic mass is 9.99. The number of nitrogens with zero attached hydrogens (tertiary/aromatic N) is 10. The van der Waals surface area contributed by atoms with Gasteiger partial charge >= 0.3 is 23.9 Å². The maximum atomic E-state index is 15.2. The van der Waals surface area contributed by atoms with Crippen molar-refractivity contribution in [1.29, 1.82) is 10.5 Å². The molecule has 1 saturated heterocycles. The number of amides is 4. The summed E-state index contributed by atoms with van der Waals surface area (Å²) in [6.45, 7) is 18.0. The van der Waals surface area contributed by atoms with Crippen molar-refractivity contribution < 1.29 is 57.3 Å². The van der Waals surface area contributed by atoms with E-state index in [1.165, 1.54) is 42.0 Å². The van der Waals surface area contributed by atoms with Crippen LogP contribution in [0.4, 0.5) is 0 Å². The van der Waals surface area contributed by atoms with Crippen LogP contribution < -0.4 is 0 Å². The number of hydrogen-bond donors (Lipinski definition) is 0. The van der Waals surface area contributed by atoms with Gasteiger partial charge in [0.2, 0.25) is 0 Å². The second kappa shape index (κ2) is 33.4. The topological polar surface area (TPSA) is 270 Å². The molecular weight excluding hydrogens is 1220 g/mol. The van der Waals surface area contributed by atoms with Crippen molar-refractivity contribution in [2.24, 2.45) is 23.7 Å². The van der Waals surface area contributed by atoms with Crippen LogP contribution in [0.3, 0.4) is 0 Å². The molecule has 508 valence electrons. The van der Waals surface area contributed by atoms with E-state index in [1.54, 1.807) is 46.0 Å². The highest BCUT2D eigenvalue weighted by atomic mass is 16.6. The van der Waals surface area contributed by atoms with E-state index >= 15 is 9.59 Å². The quantitative estimate of drug-likeness (QED) is 0.0573. The third-order valence-electron chi connectivity index (χ3n) is 17.0. The molecule has 7 rings (SSSR count). The monoisotopic (exact) mass is 1310 g/mol. The van der Waals surface area contributed by atoms with Gasteiger partial charge in [-0.15, -0.1) is 0 Å². The summed E-state index contributed by atoms with van der Waals surface area (Å²) in [5.74, 6) is -7.91. The maximum absolute atomic E-state index is 15.2. The van der Waals surface area contributed by atoms with Crippen molar-refractivity contribution in [3.63, 3.8) is 0 Å². The fraction of sp³-hybridized carbons (Fsp3) is 0.459. The Morgan fingerprint density at radius 3 is 0.948 bits per heavy atom. The Labute approximate surface area is 563 Å². The summed E-state index contributed by atoms with van der Waals surface area (Å²) in [7, 11) is 5.49. The average molecular weight is 1310 g/mol. The molecule has 0 spiro atoms. The van der Waals surface area contributed by atoms with Crippen LogP contribution in [-0.2, 0) is 83.2 Å². The van der Waals surface area contributed by atoms with Gasteiger partial charge in [-0.2, -0.15) is 20.7 Å². The second-order valence-corrected chi connectivity index (χ2v) is 26.6. The van der Waals surface area contributed by atoms with Gasteiger partial charge in [-0.1, -0.05) is 165 Å². The van der Waals surface area contributed by atoms with Gasteiger partial charge in [-0.05, 0) is 96.6 Å². The first-order valence-electron chi connectivity index (χ1n) is 32.7. The largest absolute Gasteiger partial charge is 0.451 e. The van der Waals surface area contributed by atoms with E-state index in [-0.39, 0.29) is 86.7 Å². The molecule has 0 unspecified atom stereocenters. The van der Waals surface area contributed by atoms with E-state index in [0.717, 1.165) is 41.9 Å². The van der Waals surface area contributed by atoms with E-state index in [0.29, 0.717) is 22.3 Å². The number of cyclic esters (lactones) is 4. The first-order chi connectivity index (χ1) is 45.6. The fourth-order valence-corrected chi connectivity index (χ4v) is 11.7. The van der Waals surface area contributed by atoms with E-state index < -0.39 is 96.1 Å². The van der Waals surface area contributed by atoms with Gasteiger partial charge in [0.1, 0.15) is 36.3 Å². The standard InChI is InChI=1S/C74H90N10O12/c1-45(2)33-61-71(89)93-49(9)67(85)79(11)64(36-48(7)8)74(92)96-66(38-52-27-31-54(32-28-52)42-84-44-58(60(40-76)78-84)56-23-19-16-20-24-56)70(88)82(14)62(34-46(3)4)72(90)94-50(10)68(86)80(12)63(35-47(5)6)73(91)95-65(69(87)81(61)13)37-51-25-29-53(30-26-51)41-83-43-57(59(39-75)77-83)55-21-17-15-18-22-55/h15-32,43-50,61-66H,33-38,41-42H2,1-14H3/t49-,50-,61+,62+,63+,64+,65-,66-/m1/s1. The summed E-state index contributed by atoms with van der Waals surface area (Å²) < 4.78 is 27.7. The molecule has 96 heavy (non-hydrogen) atoms. The van der Waals surface area contributed by atoms with E-state index in [9.17, 15) is 39.3 Å². The van der Waals surface area contributed by atoms with Crippen LogP contribution in [0.1, 0.15) is 129 Å². The van der Waals surface area contributed by atoms with Crippen LogP contribution >= 0.6 is 0 Å². The Morgan fingerprint density at radius 2 is 0.667 bits per heavy atom. The molecule has 1 aliphatic rings. The number of hydrogen-bond acceptors (Lipinski definition) is 16. The molecule has 0 bridgehead atoms. The highest BCUT2D eigenvalue weighted by Gasteiger charge is 2.43. The third-order valence-corrected chi connectivity index (χ3v) is 17.0. The second-order valence-electron chi connectivity index (χ2n) is 26.6. The molecule has 0 aliphatic carbocycles. The predicted molar refractivity (Wildman–Crippen MR) is 358 cm³/mol. The zero-order chi connectivity index (χ0) is 70.2. The molecule has 8 atom stereocenters. The van der Waals surface area contributed by atoms with Crippen molar-refractivity contribution in [3.05, 3.63) is 155 Å². The Kier molecular flexibility index (Phi) is 25.6. The number of rotatable bonds is 18. The van der Waals surface area contributed by atoms with Gasteiger partial charge in [0.25, 0.3) is 23.6 Å². The maximum Gasteiger partial charge on any atom is 0.329 e. The number of carbonyl (C=O) groups excluding carboxylic acids is 8. The van der Waals surface area contributed by atoms with Gasteiger partial charge in [-0.3, -0.25) is 28.5 Å². The first kappa shape index (κ1) is 73.5. The molecule has 3 heterocycles. The molecule has 2 aromatic heterocycles. The Bertz CT molecular complexity index is 3510. The Morgan fingerprint density at radius 1 is 0.396 bits per heavy atom. The van der Waals surface area contributed by atoms with Crippen molar-refractivity contribution in [2.75, 3.05) is 28.2 Å². The molecule has 1 fully saturated rings. The van der Waals surface area contributed by atoms with Crippen LogP contribution in [-0.4, -0.2) is 163 Å². The number of aromatic nitrogens is 4. The fourth-order valence-electron chi connectivity index (χ4n) is 11.7. The first-order valence-corrected chi connectivity index (χ1v) is 32.7. The normalized spacial score (nSPS) is 21.1. The van der Waals surface area contributed by atoms with Crippen LogP contribution in [0.15, 0.2) is 122 Å². The lowest BCUT2D eigenvalue weighted by molar-refractivity contribution is -0.176. The number of nitriles is 2. The molecule has 22 heteroatoms. The average Bonchev–Trinajstić information content (AvgIpc) is 1.27. The number of likely N-dealkylation sites (N-methyl/N-ethyl adjacent to an activating group) is 4. The Hall–Kier alpha value is -9.96. The number of ether oxygens (including phenoxy) is 4. The van der Waals surface area contributed by atoms with Crippen molar-refractivity contribution in [3.8, 4) is 34.4 Å². The van der Waals surface area contributed by atoms with Gasteiger partial charge in [0.15, 0.2) is 35.8 Å². The van der Waals surface area contributed by atoms with Gasteiger partial charge in [-0.25, -0.2) is 19.2 Å². The number of esters is 4. The molecule has 1 aliphatic heterocycles. The SMILES string of the molecule is CC(C)C[C@H]1C(=O)O[C@H](Cc2ccc(Cn3cc(-c4ccccc4)c(C#N)n3)cc2)C(=O)N(C)[C@@H](CC(C)C)C(=O)O[C@H](C)C(=O)N(C)[C@@H](CC(C)C)C(=O)O[C@H](Cc2ccc(Cn3cc(-c4ccccc4)c(C#N)n3)cc2)C(=O)N(C)[C@@H](CC(C)C)C(=O)O[C@H](C)C(=O)N1C. The highest BCUT2D eigenvalue weighted by Crippen LogP contribution is 2.28. The lowest BCUT2D eigenvalue weighted by Crippen LogP contribution is -2.55. The summed E-state index contributed by atoms with van der Waals surface area (Å²) in [6, 6.07) is 32.1. The lowest BCUT2D eigenvalue weighted by Gasteiger charge is -2.35. The summed E-state index contributed by atoms with van der Waals surface area (Å²) in [4.78, 5) is 123. The van der Waals surface area contributed by atoms with Crippen molar-refractivity contribution in [2.45, 2.75) is 169 Å². The minimum atomic E-state index is -1.60. The third kappa shape index (κ3) is 19.1. The molecule has 0 saturated carbocycles. The zero-order valence-corrected chi connectivity index (χ0v) is 57.5. The summed E-state index contributed by atoms with van der Waals surface area (Å²) in [6.07, 6.45) is -2.91. The highest BCUT2D eigenvalue weighted by molar-refractivity contribution is 5.94. The van der Waals surface area contributed by atoms with Gasteiger partial charge in [0.05, 0.1) is 13.1 Å². The predicted octanol–water partition coefficient (Wildman–Crippen LogP) is 9.23. The van der Waals surface area contributed by atoms with Gasteiger partial charge < -0.3 is 38.5 Å². The summed E-state index contributed by atoms with van der Waals surface area (Å²) in [5, 5.41) is 28.9. The van der Waals surface area contributed by atoms with Crippen molar-refractivity contribution in [1.82, 2.24) is 39.2 Å². The molecule has 4 amide bonds. The van der Waals surface area contributed by atoms with Crippen LogP contribution in [0.2, 0.25) is 0 Å². The van der Waals surface area contributed by atoms with E-state index in [1.807, 2.05) is 140 Å². The van der Waals surface area contributed by atoms with Crippen LogP contribution in [0.25, 0.3) is 22.3 Å². The summed E-state index contributed by atoms with van der Waals surface area (Å²) >= 11 is 0. The van der Waals surface area contributed by atoms with Crippen LogP contribution in [0.5, 0.6) is 0 Å². The van der Waals surface area contributed by atoms with Gasteiger partial charge in [0, 0.05) is 64.6 Å². The van der Waals surface area contributed by atoms with E-state index in [4.69, 9.17) is 18.9 Å².